The number of fused-ring (bicyclic) bond motifs is 1. The summed E-state index contributed by atoms with van der Waals surface area (Å²) in [5.74, 6) is -0.103. The number of methoxy groups -OCH3 is 1. The van der Waals surface area contributed by atoms with Crippen LogP contribution in [0.5, 0.6) is 5.88 Å². The van der Waals surface area contributed by atoms with Crippen molar-refractivity contribution < 1.29 is 31.9 Å². The minimum absolute atomic E-state index is 0.0752. The first-order chi connectivity index (χ1) is 22.3. The monoisotopic (exact) mass is 646 g/mol. The van der Waals surface area contributed by atoms with E-state index in [0.29, 0.717) is 57.7 Å². The molecule has 46 heavy (non-hydrogen) atoms. The number of rotatable bonds is 14. The van der Waals surface area contributed by atoms with Gasteiger partial charge in [-0.3, -0.25) is 4.57 Å². The average molecular weight is 647 g/mol. The van der Waals surface area contributed by atoms with Gasteiger partial charge in [-0.05, 0) is 55.8 Å². The molecule has 0 bridgehead atoms. The Morgan fingerprint density at radius 2 is 1.67 bits per heavy atom. The summed E-state index contributed by atoms with van der Waals surface area (Å²) in [5.41, 5.74) is 3.33. The van der Waals surface area contributed by atoms with Crippen molar-refractivity contribution >= 4 is 29.6 Å². The van der Waals surface area contributed by atoms with Crippen molar-refractivity contribution in [3.05, 3.63) is 113 Å². The molecule has 2 aromatic heterocycles. The lowest BCUT2D eigenvalue weighted by atomic mass is 10.1. The number of benzene rings is 3. The fourth-order valence-electron chi connectivity index (χ4n) is 4.98. The zero-order chi connectivity index (χ0) is 32.7. The van der Waals surface area contributed by atoms with Gasteiger partial charge in [-0.25, -0.2) is 23.6 Å². The van der Waals surface area contributed by atoms with Gasteiger partial charge in [0.15, 0.2) is 5.69 Å². The van der Waals surface area contributed by atoms with Crippen LogP contribution in [-0.4, -0.2) is 41.5 Å². The van der Waals surface area contributed by atoms with E-state index in [2.05, 4.69) is 9.83 Å². The summed E-state index contributed by atoms with van der Waals surface area (Å²) in [6.07, 6.45) is 0.197. The van der Waals surface area contributed by atoms with Crippen molar-refractivity contribution in [2.24, 2.45) is 0 Å². The fourth-order valence-corrected chi connectivity index (χ4v) is 6.57. The first-order valence-electron chi connectivity index (χ1n) is 14.7. The van der Waals surface area contributed by atoms with Gasteiger partial charge >= 0.3 is 7.60 Å². The molecule has 12 heteroatoms. The molecular weight excluding hydrogens is 613 g/mol. The predicted octanol–water partition coefficient (Wildman–Crippen LogP) is 7.63. The maximum absolute atomic E-state index is 15.6. The second-order valence-electron chi connectivity index (χ2n) is 10.2. The van der Waals surface area contributed by atoms with E-state index in [1.165, 1.54) is 18.2 Å². The molecule has 0 fully saturated rings. The lowest BCUT2D eigenvalue weighted by molar-refractivity contribution is 0.187. The fraction of sp³-hybridized carbons (Fsp3) is 0.265. The molecule has 5 rings (SSSR count). The van der Waals surface area contributed by atoms with Gasteiger partial charge in [0.1, 0.15) is 24.1 Å². The van der Waals surface area contributed by atoms with Crippen LogP contribution in [0.3, 0.4) is 0 Å². The highest BCUT2D eigenvalue weighted by atomic mass is 31.2. The summed E-state index contributed by atoms with van der Waals surface area (Å²) >= 11 is 0. The Kier molecular flexibility index (Phi) is 10.6. The summed E-state index contributed by atoms with van der Waals surface area (Å²) in [6, 6.07) is 19.4. The van der Waals surface area contributed by atoms with Gasteiger partial charge in [-0.1, -0.05) is 30.3 Å². The third kappa shape index (κ3) is 7.33. The van der Waals surface area contributed by atoms with Crippen molar-refractivity contribution in [2.45, 2.75) is 33.4 Å². The minimum Gasteiger partial charge on any atom is -0.473 e. The number of hydrogen-bond acceptors (Lipinski definition) is 7. The molecule has 0 aliphatic carbocycles. The van der Waals surface area contributed by atoms with Crippen LogP contribution in [0.1, 0.15) is 30.8 Å². The van der Waals surface area contributed by atoms with Crippen molar-refractivity contribution in [1.82, 2.24) is 14.5 Å². The van der Waals surface area contributed by atoms with Crippen molar-refractivity contribution in [3.8, 4) is 17.1 Å². The number of imidazole rings is 1. The van der Waals surface area contributed by atoms with Gasteiger partial charge in [0.2, 0.25) is 5.88 Å². The van der Waals surface area contributed by atoms with Gasteiger partial charge in [0.25, 0.3) is 0 Å². The molecule has 0 aliphatic rings. The number of pyridine rings is 1. The topological polar surface area (TPSA) is 89.1 Å². The van der Waals surface area contributed by atoms with E-state index in [1.807, 2.05) is 4.57 Å². The van der Waals surface area contributed by atoms with Gasteiger partial charge in [0, 0.05) is 37.3 Å². The van der Waals surface area contributed by atoms with Gasteiger partial charge in [-0.15, -0.1) is 0 Å². The van der Waals surface area contributed by atoms with Crippen LogP contribution < -0.4 is 10.0 Å². The summed E-state index contributed by atoms with van der Waals surface area (Å²) in [7, 11) is -1.93. The van der Waals surface area contributed by atoms with Crippen LogP contribution in [-0.2, 0) is 37.9 Å². The van der Waals surface area contributed by atoms with Gasteiger partial charge in [-0.2, -0.15) is 0 Å². The molecule has 0 saturated heterocycles. The zero-order valence-electron chi connectivity index (χ0n) is 25.7. The summed E-state index contributed by atoms with van der Waals surface area (Å²) in [4.78, 5) is 12.5. The average Bonchev–Trinajstić information content (AvgIpc) is 3.40. The molecule has 9 nitrogen and oxygen atoms in total. The van der Waals surface area contributed by atoms with E-state index < -0.39 is 19.2 Å². The molecule has 0 radical (unpaired) electrons. The van der Waals surface area contributed by atoms with Crippen LogP contribution >= 0.6 is 7.60 Å². The van der Waals surface area contributed by atoms with E-state index in [0.717, 1.165) is 6.07 Å². The maximum atomic E-state index is 15.6. The van der Waals surface area contributed by atoms with Crippen molar-refractivity contribution in [1.29, 1.82) is 0 Å². The van der Waals surface area contributed by atoms with Crippen LogP contribution in [0, 0.1) is 18.2 Å². The van der Waals surface area contributed by atoms with E-state index >= 15 is 4.39 Å². The molecule has 0 atom stereocenters. The number of nitrogens with zero attached hydrogens (tertiary/aromatic N) is 4. The van der Waals surface area contributed by atoms with Crippen LogP contribution in [0.4, 0.5) is 14.5 Å². The quantitative estimate of drug-likeness (QED) is 0.0905. The maximum Gasteiger partial charge on any atom is 0.361 e. The number of halogens is 2. The lowest BCUT2D eigenvalue weighted by Gasteiger charge is -2.17. The predicted molar refractivity (Wildman–Crippen MR) is 172 cm³/mol. The lowest BCUT2D eigenvalue weighted by Crippen LogP contribution is -2.13. The largest absolute Gasteiger partial charge is 0.473 e. The van der Waals surface area contributed by atoms with E-state index in [9.17, 15) is 8.96 Å². The van der Waals surface area contributed by atoms with E-state index in [4.69, 9.17) is 30.1 Å². The van der Waals surface area contributed by atoms with Crippen LogP contribution in [0.25, 0.3) is 27.1 Å². The van der Waals surface area contributed by atoms with E-state index in [-0.39, 0.29) is 37.8 Å². The standard InChI is InChI=1S/C34H33F2N4O5P/c1-5-44-46(41,45-6-2)27-14-15-31-32(21-27)40(16-17-42-4)33(38-31)19-23-10-11-24(18-28(23)35)30-8-7-9-34(39-30)43-22-25-12-13-26(37-3)20-29(25)36/h7-15,18,20-21H,5-6,16-17,19,22H2,1-2,4H3. The molecule has 0 amide bonds. The van der Waals surface area contributed by atoms with Gasteiger partial charge in [0.05, 0.1) is 48.4 Å². The first-order valence-corrected chi connectivity index (χ1v) is 16.2. The third-order valence-corrected chi connectivity index (χ3v) is 9.31. The SMILES string of the molecule is [C-]#[N+]c1ccc(COc2cccc(-c3ccc(Cc4nc5ccc(P(=O)(OCC)OCC)cc5n4CCOC)c(F)c3)n2)c(F)c1. The highest BCUT2D eigenvalue weighted by Gasteiger charge is 2.28. The highest BCUT2D eigenvalue weighted by Crippen LogP contribution is 2.47. The summed E-state index contributed by atoms with van der Waals surface area (Å²) in [6.45, 7) is 11.7. The second-order valence-corrected chi connectivity index (χ2v) is 12.2. The Hall–Kier alpha value is -4.46. The Balaban J connectivity index is 1.39. The third-order valence-electron chi connectivity index (χ3n) is 7.21. The molecule has 0 unspecified atom stereocenters. The van der Waals surface area contributed by atoms with Crippen molar-refractivity contribution in [3.63, 3.8) is 0 Å². The normalized spacial score (nSPS) is 11.6. The molecule has 0 aliphatic heterocycles. The number of ether oxygens (including phenoxy) is 2. The second kappa shape index (κ2) is 14.8. The Morgan fingerprint density at radius 1 is 0.913 bits per heavy atom. The Bertz CT molecular complexity index is 1930. The first kappa shape index (κ1) is 32.9. The summed E-state index contributed by atoms with van der Waals surface area (Å²) in [5, 5.41) is 0.422. The molecule has 0 spiro atoms. The Labute approximate surface area is 266 Å². The molecule has 3 aromatic carbocycles. The zero-order valence-corrected chi connectivity index (χ0v) is 26.6. The molecule has 0 saturated carbocycles. The van der Waals surface area contributed by atoms with Crippen LogP contribution in [0.15, 0.2) is 72.8 Å². The van der Waals surface area contributed by atoms with Crippen molar-refractivity contribution in [2.75, 3.05) is 26.9 Å². The molecule has 0 N–H and O–H groups in total. The Morgan fingerprint density at radius 3 is 2.37 bits per heavy atom. The smallest absolute Gasteiger partial charge is 0.361 e. The number of aromatic nitrogens is 3. The van der Waals surface area contributed by atoms with E-state index in [1.54, 1.807) is 69.5 Å². The van der Waals surface area contributed by atoms with Crippen LogP contribution in [0.2, 0.25) is 0 Å². The minimum atomic E-state index is -3.52. The summed E-state index contributed by atoms with van der Waals surface area (Å²) < 4.78 is 67.3. The molecule has 5 aromatic rings. The van der Waals surface area contributed by atoms with Gasteiger partial charge < -0.3 is 23.1 Å². The molecule has 238 valence electrons. The number of hydrogen-bond donors (Lipinski definition) is 0. The molecule has 2 heterocycles. The molecular formula is C34H33F2N4O5P. The highest BCUT2D eigenvalue weighted by molar-refractivity contribution is 7.62.